The van der Waals surface area contributed by atoms with E-state index < -0.39 is 9.84 Å². The predicted molar refractivity (Wildman–Crippen MR) is 112 cm³/mol. The molecule has 0 bridgehead atoms. The molecular weight excluding hydrogens is 406 g/mol. The van der Waals surface area contributed by atoms with Gasteiger partial charge in [0.2, 0.25) is 0 Å². The van der Waals surface area contributed by atoms with Gasteiger partial charge in [-0.3, -0.25) is 9.69 Å². The summed E-state index contributed by atoms with van der Waals surface area (Å²) in [5.41, 5.74) is 1.70. The monoisotopic (exact) mass is 431 g/mol. The third-order valence-electron chi connectivity index (χ3n) is 5.68. The molecule has 0 N–H and O–H groups in total. The molecule has 3 heterocycles. The normalized spacial score (nSPS) is 23.0. The average Bonchev–Trinajstić information content (AvgIpc) is 3.47. The number of methoxy groups -OCH3 is 1. The number of carbonyl (C=O) groups excluding carboxylic acids is 1. The number of hydrazone groups is 1. The number of ether oxygens (including phenoxy) is 1. The Morgan fingerprint density at radius 2 is 2.07 bits per heavy atom. The van der Waals surface area contributed by atoms with Crippen molar-refractivity contribution in [3.05, 3.63) is 54.0 Å². The average molecular weight is 432 g/mol. The van der Waals surface area contributed by atoms with Crippen LogP contribution in [0.1, 0.15) is 30.2 Å². The van der Waals surface area contributed by atoms with Crippen molar-refractivity contribution in [3.63, 3.8) is 0 Å². The Kier molecular flexibility index (Phi) is 5.66. The summed E-state index contributed by atoms with van der Waals surface area (Å²) in [6.07, 6.45) is 2.67. The fourth-order valence-electron chi connectivity index (χ4n) is 3.94. The lowest BCUT2D eigenvalue weighted by molar-refractivity contribution is -0.134. The Balaban J connectivity index is 1.54. The number of likely N-dealkylation sites (N-methyl/N-ethyl adjacent to an activating group) is 1. The fourth-order valence-corrected chi connectivity index (χ4v) is 5.74. The molecule has 4 rings (SSSR count). The van der Waals surface area contributed by atoms with E-state index >= 15 is 0 Å². The van der Waals surface area contributed by atoms with Crippen molar-refractivity contribution >= 4 is 21.5 Å². The maximum absolute atomic E-state index is 13.1. The molecule has 1 saturated heterocycles. The molecule has 0 radical (unpaired) electrons. The summed E-state index contributed by atoms with van der Waals surface area (Å²) >= 11 is 0. The fraction of sp³-hybridized carbons (Fsp3) is 0.429. The van der Waals surface area contributed by atoms with Gasteiger partial charge in [-0.25, -0.2) is 13.4 Å². The van der Waals surface area contributed by atoms with E-state index in [2.05, 4.69) is 5.10 Å². The van der Waals surface area contributed by atoms with Crippen LogP contribution in [0.4, 0.5) is 0 Å². The Morgan fingerprint density at radius 1 is 1.30 bits per heavy atom. The molecule has 160 valence electrons. The first kappa shape index (κ1) is 20.6. The lowest BCUT2D eigenvalue weighted by atomic mass is 10.0. The Hall–Kier alpha value is -2.65. The molecule has 1 amide bonds. The second-order valence-corrected chi connectivity index (χ2v) is 9.95. The summed E-state index contributed by atoms with van der Waals surface area (Å²) in [5.74, 6) is 1.50. The molecule has 2 aliphatic heterocycles. The van der Waals surface area contributed by atoms with Crippen LogP contribution < -0.4 is 4.74 Å². The van der Waals surface area contributed by atoms with Gasteiger partial charge in [-0.05, 0) is 55.4 Å². The van der Waals surface area contributed by atoms with E-state index in [1.54, 1.807) is 26.5 Å². The van der Waals surface area contributed by atoms with Gasteiger partial charge in [0.05, 0.1) is 37.1 Å². The molecular formula is C21H25N3O5S. The Morgan fingerprint density at radius 3 is 2.67 bits per heavy atom. The summed E-state index contributed by atoms with van der Waals surface area (Å²) in [5, 5.41) is 6.08. The van der Waals surface area contributed by atoms with Crippen LogP contribution in [0.3, 0.4) is 0 Å². The van der Waals surface area contributed by atoms with Gasteiger partial charge in [-0.2, -0.15) is 5.10 Å². The Bertz CT molecular complexity index is 1030. The molecule has 0 unspecified atom stereocenters. The van der Waals surface area contributed by atoms with Crippen LogP contribution in [0.15, 0.2) is 52.2 Å². The van der Waals surface area contributed by atoms with Crippen molar-refractivity contribution < 1.29 is 22.4 Å². The smallest absolute Gasteiger partial charge is 0.257 e. The maximum Gasteiger partial charge on any atom is 0.257 e. The molecule has 1 fully saturated rings. The maximum atomic E-state index is 13.1. The first-order chi connectivity index (χ1) is 14.4. The molecule has 9 heteroatoms. The summed E-state index contributed by atoms with van der Waals surface area (Å²) in [4.78, 5) is 14.9. The zero-order valence-corrected chi connectivity index (χ0v) is 17.8. The summed E-state index contributed by atoms with van der Waals surface area (Å²) in [7, 11) is 0.388. The second-order valence-electron chi connectivity index (χ2n) is 7.72. The quantitative estimate of drug-likeness (QED) is 0.695. The third-order valence-corrected chi connectivity index (χ3v) is 7.43. The number of sulfone groups is 1. The lowest BCUT2D eigenvalue weighted by Crippen LogP contribution is -2.41. The highest BCUT2D eigenvalue weighted by molar-refractivity contribution is 7.91. The summed E-state index contributed by atoms with van der Waals surface area (Å²) in [6.45, 7) is 0.0940. The molecule has 30 heavy (non-hydrogen) atoms. The topological polar surface area (TPSA) is 92.4 Å². The zero-order valence-electron chi connectivity index (χ0n) is 17.0. The Labute approximate surface area is 176 Å². The van der Waals surface area contributed by atoms with Crippen LogP contribution in [0.25, 0.3) is 0 Å². The van der Waals surface area contributed by atoms with Crippen LogP contribution >= 0.6 is 0 Å². The molecule has 1 aromatic heterocycles. The molecule has 0 saturated carbocycles. The van der Waals surface area contributed by atoms with Crippen molar-refractivity contribution in [3.8, 4) is 5.75 Å². The van der Waals surface area contributed by atoms with E-state index in [4.69, 9.17) is 9.15 Å². The van der Waals surface area contributed by atoms with Crippen LogP contribution in [0.2, 0.25) is 0 Å². The van der Waals surface area contributed by atoms with Crippen LogP contribution in [0, 0.1) is 0 Å². The van der Waals surface area contributed by atoms with Gasteiger partial charge in [0.25, 0.3) is 5.91 Å². The van der Waals surface area contributed by atoms with Crippen LogP contribution in [-0.2, 0) is 14.6 Å². The van der Waals surface area contributed by atoms with E-state index in [1.165, 1.54) is 5.01 Å². The number of rotatable bonds is 6. The number of hydrogen-bond acceptors (Lipinski definition) is 7. The highest BCUT2D eigenvalue weighted by Gasteiger charge is 2.37. The van der Waals surface area contributed by atoms with Gasteiger partial charge in [0, 0.05) is 12.5 Å². The van der Waals surface area contributed by atoms with Gasteiger partial charge in [0.15, 0.2) is 9.84 Å². The van der Waals surface area contributed by atoms with Gasteiger partial charge in [-0.15, -0.1) is 0 Å². The van der Waals surface area contributed by atoms with Crippen molar-refractivity contribution in [1.29, 1.82) is 0 Å². The SMILES string of the molecule is COc1ccc(C2=NN(C(=O)CN(C)[C@@H]3CCS(=O)(=O)C3)[C@@H](c3ccco3)C2)cc1. The third kappa shape index (κ3) is 4.27. The predicted octanol–water partition coefficient (Wildman–Crippen LogP) is 2.08. The van der Waals surface area contributed by atoms with Crippen molar-refractivity contribution in [2.24, 2.45) is 5.10 Å². The van der Waals surface area contributed by atoms with E-state index in [-0.39, 0.29) is 36.0 Å². The molecule has 1 aromatic carbocycles. The highest BCUT2D eigenvalue weighted by atomic mass is 32.2. The molecule has 0 spiro atoms. The minimum absolute atomic E-state index is 0.0940. The number of nitrogens with zero attached hydrogens (tertiary/aromatic N) is 3. The minimum atomic E-state index is -3.01. The molecule has 8 nitrogen and oxygen atoms in total. The van der Waals surface area contributed by atoms with Gasteiger partial charge in [0.1, 0.15) is 17.6 Å². The summed E-state index contributed by atoms with van der Waals surface area (Å²) in [6, 6.07) is 10.7. The van der Waals surface area contributed by atoms with Crippen LogP contribution in [-0.4, -0.2) is 68.2 Å². The summed E-state index contributed by atoms with van der Waals surface area (Å²) < 4.78 is 34.3. The molecule has 2 aliphatic rings. The number of amides is 1. The van der Waals surface area contributed by atoms with Gasteiger partial charge in [-0.1, -0.05) is 0 Å². The minimum Gasteiger partial charge on any atom is -0.497 e. The number of hydrogen-bond donors (Lipinski definition) is 0. The van der Waals surface area contributed by atoms with Gasteiger partial charge >= 0.3 is 0 Å². The first-order valence-electron chi connectivity index (χ1n) is 9.84. The van der Waals surface area contributed by atoms with Crippen molar-refractivity contribution in [1.82, 2.24) is 9.91 Å². The van der Waals surface area contributed by atoms with E-state index in [0.29, 0.717) is 18.6 Å². The van der Waals surface area contributed by atoms with Gasteiger partial charge < -0.3 is 9.15 Å². The highest BCUT2D eigenvalue weighted by Crippen LogP contribution is 2.33. The van der Waals surface area contributed by atoms with E-state index in [0.717, 1.165) is 17.0 Å². The van der Waals surface area contributed by atoms with Crippen molar-refractivity contribution in [2.75, 3.05) is 32.2 Å². The standard InChI is InChI=1S/C21H25N3O5S/c1-23(16-9-11-30(26,27)14-16)13-21(25)24-19(20-4-3-10-29-20)12-18(22-24)15-5-7-17(28-2)8-6-15/h3-8,10,16,19H,9,11-14H2,1-2H3/t16-,19-/m1/s1. The number of carbonyl (C=O) groups is 1. The van der Waals surface area contributed by atoms with E-state index in [1.807, 2.05) is 35.2 Å². The number of benzene rings is 1. The number of furan rings is 1. The second kappa shape index (κ2) is 8.23. The first-order valence-corrected chi connectivity index (χ1v) is 11.7. The molecule has 0 aliphatic carbocycles. The molecule has 2 atom stereocenters. The molecule has 2 aromatic rings. The van der Waals surface area contributed by atoms with E-state index in [9.17, 15) is 13.2 Å². The van der Waals surface area contributed by atoms with Crippen molar-refractivity contribution in [2.45, 2.75) is 24.9 Å². The largest absolute Gasteiger partial charge is 0.497 e. The van der Waals surface area contributed by atoms with Crippen LogP contribution in [0.5, 0.6) is 5.75 Å². The lowest BCUT2D eigenvalue weighted by Gasteiger charge is -2.26. The zero-order chi connectivity index (χ0) is 21.3.